The molecule has 0 radical (unpaired) electrons. The molecule has 1 heterocycles. The normalized spacial score (nSPS) is 10.9. The topological polar surface area (TPSA) is 17.0 Å². The number of nitrogens with zero attached hydrogens (tertiary/aromatic N) is 1. The van der Waals surface area contributed by atoms with E-state index < -0.39 is 0 Å². The van der Waals surface area contributed by atoms with E-state index in [2.05, 4.69) is 16.0 Å². The lowest BCUT2D eigenvalue weighted by Gasteiger charge is -2.09. The third-order valence-corrected chi connectivity index (χ3v) is 3.18. The summed E-state index contributed by atoms with van der Waals surface area (Å²) in [6.07, 6.45) is 2.03. The Morgan fingerprint density at radius 1 is 1.17 bits per heavy atom. The van der Waals surface area contributed by atoms with Gasteiger partial charge in [-0.15, -0.1) is 0 Å². The minimum absolute atomic E-state index is 0.0961. The van der Waals surface area contributed by atoms with Crippen molar-refractivity contribution in [3.63, 3.8) is 0 Å². The molecular formula is C15H19FN2. The third kappa shape index (κ3) is 2.79. The van der Waals surface area contributed by atoms with Crippen molar-refractivity contribution in [1.29, 1.82) is 0 Å². The molecule has 96 valence electrons. The predicted molar refractivity (Wildman–Crippen MR) is 71.8 cm³/mol. The second kappa shape index (κ2) is 5.36. The Hall–Kier alpha value is -1.61. The summed E-state index contributed by atoms with van der Waals surface area (Å²) >= 11 is 0. The summed E-state index contributed by atoms with van der Waals surface area (Å²) in [6.45, 7) is 5.19. The molecule has 0 saturated heterocycles. The van der Waals surface area contributed by atoms with Crippen molar-refractivity contribution < 1.29 is 4.39 Å². The molecule has 2 nitrogen and oxygen atoms in total. The first-order valence-corrected chi connectivity index (χ1v) is 6.14. The first kappa shape index (κ1) is 12.8. The summed E-state index contributed by atoms with van der Waals surface area (Å²) < 4.78 is 15.6. The number of halogens is 1. The van der Waals surface area contributed by atoms with Gasteiger partial charge in [0.25, 0.3) is 0 Å². The average molecular weight is 246 g/mol. The van der Waals surface area contributed by atoms with Gasteiger partial charge in [0.15, 0.2) is 0 Å². The average Bonchev–Trinajstić information content (AvgIpc) is 2.72. The van der Waals surface area contributed by atoms with E-state index >= 15 is 0 Å². The molecule has 1 aromatic carbocycles. The van der Waals surface area contributed by atoms with Crippen LogP contribution in [-0.2, 0) is 20.1 Å². The van der Waals surface area contributed by atoms with Crippen LogP contribution in [0, 0.1) is 19.7 Å². The molecule has 1 N–H and O–H groups in total. The number of nitrogens with one attached hydrogen (secondary N) is 1. The van der Waals surface area contributed by atoms with E-state index in [1.165, 1.54) is 5.69 Å². The fourth-order valence-electron chi connectivity index (χ4n) is 2.15. The van der Waals surface area contributed by atoms with Crippen molar-refractivity contribution in [2.75, 3.05) is 0 Å². The molecule has 1 aromatic heterocycles. The van der Waals surface area contributed by atoms with Crippen molar-refractivity contribution in [3.05, 3.63) is 58.7 Å². The number of aryl methyl sites for hydroxylation is 3. The molecule has 2 aromatic rings. The minimum Gasteiger partial charge on any atom is -0.353 e. The zero-order valence-corrected chi connectivity index (χ0v) is 11.1. The van der Waals surface area contributed by atoms with Crippen molar-refractivity contribution in [2.45, 2.75) is 26.9 Å². The second-order valence-corrected chi connectivity index (χ2v) is 4.76. The third-order valence-electron chi connectivity index (χ3n) is 3.18. The maximum atomic E-state index is 13.5. The number of hydrogen-bond donors (Lipinski definition) is 1. The van der Waals surface area contributed by atoms with Gasteiger partial charge in [0, 0.05) is 32.0 Å². The summed E-state index contributed by atoms with van der Waals surface area (Å²) in [5.74, 6) is -0.0961. The Bertz CT molecular complexity index is 520. The van der Waals surface area contributed by atoms with Crippen molar-refractivity contribution in [2.24, 2.45) is 7.05 Å². The monoisotopic (exact) mass is 246 g/mol. The van der Waals surface area contributed by atoms with Gasteiger partial charge >= 0.3 is 0 Å². The van der Waals surface area contributed by atoms with Crippen LogP contribution in [0.1, 0.15) is 22.4 Å². The molecule has 0 saturated carbocycles. The Kier molecular flexibility index (Phi) is 3.82. The molecule has 3 heteroatoms. The lowest BCUT2D eigenvalue weighted by Crippen LogP contribution is -2.15. The van der Waals surface area contributed by atoms with Gasteiger partial charge in [0.1, 0.15) is 5.82 Å². The molecule has 0 aliphatic rings. The molecule has 18 heavy (non-hydrogen) atoms. The largest absolute Gasteiger partial charge is 0.353 e. The van der Waals surface area contributed by atoms with Gasteiger partial charge in [-0.05, 0) is 42.7 Å². The molecule has 0 bridgehead atoms. The number of aromatic nitrogens is 1. The highest BCUT2D eigenvalue weighted by Crippen LogP contribution is 2.14. The lowest BCUT2D eigenvalue weighted by molar-refractivity contribution is 0.605. The van der Waals surface area contributed by atoms with Crippen LogP contribution in [0.4, 0.5) is 4.39 Å². The van der Waals surface area contributed by atoms with E-state index in [4.69, 9.17) is 0 Å². The molecule has 0 unspecified atom stereocenters. The van der Waals surface area contributed by atoms with E-state index in [1.54, 1.807) is 0 Å². The first-order valence-electron chi connectivity index (χ1n) is 6.14. The Labute approximate surface area is 107 Å². The molecule has 2 rings (SSSR count). The van der Waals surface area contributed by atoms with Gasteiger partial charge in [-0.3, -0.25) is 0 Å². The quantitative estimate of drug-likeness (QED) is 0.877. The van der Waals surface area contributed by atoms with Crippen molar-refractivity contribution in [1.82, 2.24) is 9.88 Å². The number of hydrogen-bond acceptors (Lipinski definition) is 1. The van der Waals surface area contributed by atoms with Gasteiger partial charge < -0.3 is 9.88 Å². The Morgan fingerprint density at radius 3 is 2.39 bits per heavy atom. The zero-order chi connectivity index (χ0) is 13.1. The highest BCUT2D eigenvalue weighted by atomic mass is 19.1. The minimum atomic E-state index is -0.0961. The molecule has 0 amide bonds. The van der Waals surface area contributed by atoms with Gasteiger partial charge in [-0.25, -0.2) is 4.39 Å². The van der Waals surface area contributed by atoms with E-state index in [1.807, 2.05) is 45.3 Å². The zero-order valence-electron chi connectivity index (χ0n) is 11.1. The van der Waals surface area contributed by atoms with Crippen LogP contribution in [0.2, 0.25) is 0 Å². The molecule has 0 aliphatic carbocycles. The van der Waals surface area contributed by atoms with Gasteiger partial charge in [-0.1, -0.05) is 12.1 Å². The van der Waals surface area contributed by atoms with E-state index in [9.17, 15) is 4.39 Å². The van der Waals surface area contributed by atoms with Gasteiger partial charge in [0.2, 0.25) is 0 Å². The summed E-state index contributed by atoms with van der Waals surface area (Å²) in [5, 5.41) is 3.38. The van der Waals surface area contributed by atoms with Gasteiger partial charge in [0.05, 0.1) is 0 Å². The highest BCUT2D eigenvalue weighted by Gasteiger charge is 2.04. The highest BCUT2D eigenvalue weighted by molar-refractivity contribution is 5.30. The van der Waals surface area contributed by atoms with Crippen molar-refractivity contribution >= 4 is 0 Å². The van der Waals surface area contributed by atoms with Crippen LogP contribution < -0.4 is 5.32 Å². The van der Waals surface area contributed by atoms with E-state index in [0.717, 1.165) is 18.7 Å². The molecule has 0 aliphatic heterocycles. The van der Waals surface area contributed by atoms with Crippen LogP contribution in [0.25, 0.3) is 0 Å². The van der Waals surface area contributed by atoms with Crippen LogP contribution in [0.3, 0.4) is 0 Å². The van der Waals surface area contributed by atoms with E-state index in [0.29, 0.717) is 11.1 Å². The van der Waals surface area contributed by atoms with Crippen molar-refractivity contribution in [3.8, 4) is 0 Å². The van der Waals surface area contributed by atoms with Crippen LogP contribution in [0.15, 0.2) is 30.5 Å². The van der Waals surface area contributed by atoms with Crippen LogP contribution >= 0.6 is 0 Å². The smallest absolute Gasteiger partial charge is 0.129 e. The molecule has 0 spiro atoms. The number of benzene rings is 1. The maximum Gasteiger partial charge on any atom is 0.129 e. The number of rotatable bonds is 4. The van der Waals surface area contributed by atoms with Gasteiger partial charge in [-0.2, -0.15) is 0 Å². The fraction of sp³-hybridized carbons (Fsp3) is 0.333. The summed E-state index contributed by atoms with van der Waals surface area (Å²) in [6, 6.07) is 7.93. The van der Waals surface area contributed by atoms with Crippen LogP contribution in [0.5, 0.6) is 0 Å². The second-order valence-electron chi connectivity index (χ2n) is 4.76. The molecule has 0 atom stereocenters. The molecule has 0 fully saturated rings. The summed E-state index contributed by atoms with van der Waals surface area (Å²) in [7, 11) is 2.03. The maximum absolute atomic E-state index is 13.5. The predicted octanol–water partition coefficient (Wildman–Crippen LogP) is 3.07. The Morgan fingerprint density at radius 2 is 1.83 bits per heavy atom. The van der Waals surface area contributed by atoms with Crippen LogP contribution in [-0.4, -0.2) is 4.57 Å². The lowest BCUT2D eigenvalue weighted by atomic mass is 10.1. The fourth-order valence-corrected chi connectivity index (χ4v) is 2.15. The Balaban J connectivity index is 1.97. The summed E-state index contributed by atoms with van der Waals surface area (Å²) in [4.78, 5) is 0. The SMILES string of the molecule is Cc1cc(CNCc2cccn2C)cc(C)c1F. The standard InChI is InChI=1S/C15H19FN2/c1-11-7-13(8-12(2)15(11)16)9-17-10-14-5-4-6-18(14)3/h4-8,17H,9-10H2,1-3H3. The molecular weight excluding hydrogens is 227 g/mol. The van der Waals surface area contributed by atoms with E-state index in [-0.39, 0.29) is 5.82 Å². The summed E-state index contributed by atoms with van der Waals surface area (Å²) in [5.41, 5.74) is 3.79. The first-order chi connectivity index (χ1) is 8.58.